The van der Waals surface area contributed by atoms with Crippen molar-refractivity contribution in [3.05, 3.63) is 41.5 Å². The van der Waals surface area contributed by atoms with E-state index in [1.165, 1.54) is 33.5 Å². The van der Waals surface area contributed by atoms with Crippen molar-refractivity contribution in [3.63, 3.8) is 0 Å². The first-order valence-electron chi connectivity index (χ1n) is 7.38. The van der Waals surface area contributed by atoms with Crippen LogP contribution in [0.5, 0.6) is 23.0 Å². The lowest BCUT2D eigenvalue weighted by Gasteiger charge is -2.15. The number of anilines is 1. The van der Waals surface area contributed by atoms with Gasteiger partial charge < -0.3 is 24.3 Å². The monoisotopic (exact) mass is 389 g/mol. The summed E-state index contributed by atoms with van der Waals surface area (Å²) >= 11 is 0. The Hall–Kier alpha value is -3.17. The summed E-state index contributed by atoms with van der Waals surface area (Å²) < 4.78 is 73.2. The highest BCUT2D eigenvalue weighted by Gasteiger charge is 2.22. The number of carbonyl (C=O) groups is 1. The van der Waals surface area contributed by atoms with E-state index in [1.54, 1.807) is 0 Å². The molecule has 0 bridgehead atoms. The molecule has 0 fully saturated rings. The van der Waals surface area contributed by atoms with Gasteiger partial charge in [0, 0.05) is 23.9 Å². The van der Waals surface area contributed by atoms with E-state index in [1.807, 2.05) is 0 Å². The Labute approximate surface area is 151 Å². The summed E-state index contributed by atoms with van der Waals surface area (Å²) in [5.74, 6) is -8.17. The topological polar surface area (TPSA) is 66.0 Å². The van der Waals surface area contributed by atoms with Crippen LogP contribution in [0.2, 0.25) is 0 Å². The average Bonchev–Trinajstić information content (AvgIpc) is 2.65. The highest BCUT2D eigenvalue weighted by atomic mass is 19.2. The second kappa shape index (κ2) is 8.47. The maximum atomic E-state index is 13.5. The Bertz CT molecular complexity index is 808. The van der Waals surface area contributed by atoms with Crippen molar-refractivity contribution in [2.24, 2.45) is 0 Å². The summed E-state index contributed by atoms with van der Waals surface area (Å²) in [5.41, 5.74) is 0.199. The molecule has 2 aromatic rings. The molecular weight excluding hydrogens is 374 g/mol. The van der Waals surface area contributed by atoms with Gasteiger partial charge in [0.15, 0.2) is 35.5 Å². The molecule has 27 heavy (non-hydrogen) atoms. The van der Waals surface area contributed by atoms with Gasteiger partial charge in [0.2, 0.25) is 17.4 Å². The van der Waals surface area contributed by atoms with E-state index in [2.05, 4.69) is 10.1 Å². The zero-order valence-electron chi connectivity index (χ0n) is 14.5. The smallest absolute Gasteiger partial charge is 0.262 e. The minimum absolute atomic E-state index is 0.0352. The van der Waals surface area contributed by atoms with Crippen LogP contribution in [0.3, 0.4) is 0 Å². The van der Waals surface area contributed by atoms with Crippen LogP contribution >= 0.6 is 0 Å². The van der Waals surface area contributed by atoms with Crippen molar-refractivity contribution in [3.8, 4) is 23.0 Å². The number of halogens is 4. The molecule has 1 amide bonds. The van der Waals surface area contributed by atoms with Crippen molar-refractivity contribution in [1.29, 1.82) is 0 Å². The SMILES string of the molecule is COc1cc(NC(=O)COc2c(F)c(F)cc(F)c2F)cc(OC)c1OC. The minimum atomic E-state index is -1.74. The highest BCUT2D eigenvalue weighted by Crippen LogP contribution is 2.39. The van der Waals surface area contributed by atoms with E-state index in [0.717, 1.165) is 0 Å². The fourth-order valence-electron chi connectivity index (χ4n) is 2.17. The third kappa shape index (κ3) is 4.33. The normalized spacial score (nSPS) is 10.3. The molecule has 0 aliphatic rings. The molecule has 0 aromatic heterocycles. The van der Waals surface area contributed by atoms with Gasteiger partial charge in [-0.3, -0.25) is 4.79 Å². The molecule has 0 unspecified atom stereocenters. The van der Waals surface area contributed by atoms with Gasteiger partial charge in [0.25, 0.3) is 5.91 Å². The Balaban J connectivity index is 2.15. The van der Waals surface area contributed by atoms with Crippen LogP contribution in [0.25, 0.3) is 0 Å². The molecule has 6 nitrogen and oxygen atoms in total. The molecule has 0 saturated carbocycles. The van der Waals surface area contributed by atoms with Gasteiger partial charge in [0.05, 0.1) is 21.3 Å². The van der Waals surface area contributed by atoms with Gasteiger partial charge in [-0.15, -0.1) is 0 Å². The molecular formula is C17H15F4NO5. The summed E-state index contributed by atoms with van der Waals surface area (Å²) in [5, 5.41) is 2.37. The largest absolute Gasteiger partial charge is 0.493 e. The predicted octanol–water partition coefficient (Wildman–Crippen LogP) is 3.29. The quantitative estimate of drug-likeness (QED) is 0.582. The Morgan fingerprint density at radius 1 is 0.852 bits per heavy atom. The number of rotatable bonds is 7. The first-order chi connectivity index (χ1) is 12.8. The van der Waals surface area contributed by atoms with E-state index in [0.29, 0.717) is 0 Å². The van der Waals surface area contributed by atoms with Crippen LogP contribution in [-0.4, -0.2) is 33.8 Å². The minimum Gasteiger partial charge on any atom is -0.493 e. The second-order valence-corrected chi connectivity index (χ2v) is 5.05. The van der Waals surface area contributed by atoms with Gasteiger partial charge in [-0.05, 0) is 0 Å². The standard InChI is InChI=1S/C17H15F4NO5/c1-24-11-4-8(5-12(25-2)16(11)26-3)22-13(23)7-27-17-14(20)9(18)6-10(19)15(17)21/h4-6H,7H2,1-3H3,(H,22,23). The molecule has 0 heterocycles. The summed E-state index contributed by atoms with van der Waals surface area (Å²) in [6.45, 7) is -0.909. The number of carbonyl (C=O) groups excluding carboxylic acids is 1. The zero-order chi connectivity index (χ0) is 20.1. The molecule has 0 saturated heterocycles. The van der Waals surface area contributed by atoms with Crippen molar-refractivity contribution in [2.75, 3.05) is 33.3 Å². The molecule has 2 aromatic carbocycles. The average molecular weight is 389 g/mol. The molecule has 0 atom stereocenters. The Morgan fingerprint density at radius 2 is 1.37 bits per heavy atom. The first kappa shape index (κ1) is 20.1. The summed E-state index contributed by atoms with van der Waals surface area (Å²) in [6.07, 6.45) is 0. The number of amides is 1. The number of nitrogens with one attached hydrogen (secondary N) is 1. The van der Waals surface area contributed by atoms with Crippen LogP contribution in [0, 0.1) is 23.3 Å². The van der Waals surface area contributed by atoms with Gasteiger partial charge in [-0.2, -0.15) is 8.78 Å². The van der Waals surface area contributed by atoms with E-state index in [4.69, 9.17) is 14.2 Å². The van der Waals surface area contributed by atoms with Crippen molar-refractivity contribution < 1.29 is 41.3 Å². The van der Waals surface area contributed by atoms with Gasteiger partial charge in [-0.25, -0.2) is 8.78 Å². The number of ether oxygens (including phenoxy) is 4. The summed E-state index contributed by atoms with van der Waals surface area (Å²) in [6, 6.07) is 2.85. The molecule has 146 valence electrons. The van der Waals surface area contributed by atoms with Crippen LogP contribution < -0.4 is 24.3 Å². The summed E-state index contributed by atoms with van der Waals surface area (Å²) in [7, 11) is 4.14. The van der Waals surface area contributed by atoms with Crippen molar-refractivity contribution in [1.82, 2.24) is 0 Å². The van der Waals surface area contributed by atoms with Gasteiger partial charge >= 0.3 is 0 Å². The lowest BCUT2D eigenvalue weighted by Crippen LogP contribution is -2.21. The number of hydrogen-bond acceptors (Lipinski definition) is 5. The molecule has 0 aliphatic carbocycles. The van der Waals surface area contributed by atoms with E-state index in [9.17, 15) is 22.4 Å². The lowest BCUT2D eigenvalue weighted by molar-refractivity contribution is -0.118. The number of hydrogen-bond donors (Lipinski definition) is 1. The van der Waals surface area contributed by atoms with Crippen LogP contribution in [0.1, 0.15) is 0 Å². The zero-order valence-corrected chi connectivity index (χ0v) is 14.5. The Morgan fingerprint density at radius 3 is 1.81 bits per heavy atom. The molecule has 10 heteroatoms. The molecule has 1 N–H and O–H groups in total. The van der Waals surface area contributed by atoms with E-state index >= 15 is 0 Å². The molecule has 0 radical (unpaired) electrons. The van der Waals surface area contributed by atoms with E-state index in [-0.39, 0.29) is 29.0 Å². The predicted molar refractivity (Wildman–Crippen MR) is 86.5 cm³/mol. The van der Waals surface area contributed by atoms with Gasteiger partial charge in [-0.1, -0.05) is 0 Å². The lowest BCUT2D eigenvalue weighted by atomic mass is 10.2. The van der Waals surface area contributed by atoms with Crippen LogP contribution in [0.4, 0.5) is 23.2 Å². The van der Waals surface area contributed by atoms with Crippen LogP contribution in [-0.2, 0) is 4.79 Å². The number of methoxy groups -OCH3 is 3. The van der Waals surface area contributed by atoms with Crippen molar-refractivity contribution in [2.45, 2.75) is 0 Å². The summed E-state index contributed by atoms with van der Waals surface area (Å²) in [4.78, 5) is 12.0. The molecule has 0 spiro atoms. The fraction of sp³-hybridized carbons (Fsp3) is 0.235. The second-order valence-electron chi connectivity index (χ2n) is 5.05. The third-order valence-corrected chi connectivity index (χ3v) is 3.37. The Kier molecular flexibility index (Phi) is 6.32. The van der Waals surface area contributed by atoms with E-state index < -0.39 is 41.5 Å². The molecule has 2 rings (SSSR count). The third-order valence-electron chi connectivity index (χ3n) is 3.37. The maximum Gasteiger partial charge on any atom is 0.262 e. The molecule has 0 aliphatic heterocycles. The maximum absolute atomic E-state index is 13.5. The van der Waals surface area contributed by atoms with Crippen LogP contribution in [0.15, 0.2) is 18.2 Å². The highest BCUT2D eigenvalue weighted by molar-refractivity contribution is 5.92. The van der Waals surface area contributed by atoms with Crippen molar-refractivity contribution >= 4 is 11.6 Å². The first-order valence-corrected chi connectivity index (χ1v) is 7.38. The fourth-order valence-corrected chi connectivity index (χ4v) is 2.17. The number of benzene rings is 2. The van der Waals surface area contributed by atoms with Gasteiger partial charge in [0.1, 0.15) is 0 Å².